The topological polar surface area (TPSA) is 33.0 Å². The van der Waals surface area contributed by atoms with Gasteiger partial charge in [0.05, 0.1) is 19.7 Å². The fraction of sp³-hybridized carbons (Fsp3) is 0.875. The summed E-state index contributed by atoms with van der Waals surface area (Å²) in [5, 5.41) is 8.34. The summed E-state index contributed by atoms with van der Waals surface area (Å²) in [5.74, 6) is 0. The van der Waals surface area contributed by atoms with E-state index in [1.807, 2.05) is 0 Å². The quantitative estimate of drug-likeness (QED) is 0.444. The van der Waals surface area contributed by atoms with Crippen LogP contribution < -0.4 is 0 Å². The fourth-order valence-corrected chi connectivity index (χ4v) is 1.35. The minimum Gasteiger partial charge on any atom is -0.326 e. The van der Waals surface area contributed by atoms with Crippen LogP contribution in [0.5, 0.6) is 0 Å². The van der Waals surface area contributed by atoms with Gasteiger partial charge in [-0.1, -0.05) is 0 Å². The molecule has 0 spiro atoms. The number of likely N-dealkylation sites (N-methyl/N-ethyl adjacent to an activating group) is 1. The average Bonchev–Trinajstić information content (AvgIpc) is 2.38. The molecule has 3 heteroatoms. The van der Waals surface area contributed by atoms with Gasteiger partial charge in [0, 0.05) is 12.8 Å². The van der Waals surface area contributed by atoms with Gasteiger partial charge in [-0.2, -0.15) is 5.26 Å². The first-order valence-corrected chi connectivity index (χ1v) is 4.05. The van der Waals surface area contributed by atoms with E-state index in [2.05, 4.69) is 13.1 Å². The molecule has 0 saturated carbocycles. The van der Waals surface area contributed by atoms with Gasteiger partial charge < -0.3 is 9.22 Å². The second-order valence-electron chi connectivity index (χ2n) is 3.37. The lowest BCUT2D eigenvalue weighted by atomic mass is 10.3. The number of rotatable bonds is 3. The Morgan fingerprint density at radius 2 is 2.45 bits per heavy atom. The summed E-state index contributed by atoms with van der Waals surface area (Å²) >= 11 is 0. The molecular formula is C8H15N2O+. The Balaban J connectivity index is 2.19. The number of nitriles is 1. The van der Waals surface area contributed by atoms with Crippen molar-refractivity contribution in [3.8, 4) is 6.07 Å². The second kappa shape index (κ2) is 3.70. The van der Waals surface area contributed by atoms with Gasteiger partial charge in [0.25, 0.3) is 0 Å². The van der Waals surface area contributed by atoms with E-state index in [4.69, 9.17) is 10.00 Å². The summed E-state index contributed by atoms with van der Waals surface area (Å²) in [4.78, 5) is 0. The van der Waals surface area contributed by atoms with Crippen molar-refractivity contribution in [1.29, 1.82) is 5.26 Å². The molecule has 0 N–H and O–H groups in total. The van der Waals surface area contributed by atoms with E-state index in [-0.39, 0.29) is 0 Å². The van der Waals surface area contributed by atoms with Gasteiger partial charge in [-0.25, -0.2) is 0 Å². The van der Waals surface area contributed by atoms with Gasteiger partial charge in [0.1, 0.15) is 13.2 Å². The number of quaternary nitrogens is 1. The summed E-state index contributed by atoms with van der Waals surface area (Å²) in [6, 6.07) is 2.16. The van der Waals surface area contributed by atoms with Crippen molar-refractivity contribution < 1.29 is 9.22 Å². The molecule has 0 aliphatic carbocycles. The Bertz CT molecular complexity index is 156. The SMILES string of the molecule is C[N+]1(CCCC#N)CCOC1. The van der Waals surface area contributed by atoms with Crippen LogP contribution in [0.1, 0.15) is 12.8 Å². The van der Waals surface area contributed by atoms with Crippen molar-refractivity contribution in [2.75, 3.05) is 33.5 Å². The average molecular weight is 155 g/mol. The lowest BCUT2D eigenvalue weighted by Gasteiger charge is -2.26. The fourth-order valence-electron chi connectivity index (χ4n) is 1.35. The zero-order chi connectivity index (χ0) is 8.16. The van der Waals surface area contributed by atoms with Gasteiger partial charge in [0.15, 0.2) is 6.73 Å². The first-order chi connectivity index (χ1) is 5.27. The Morgan fingerprint density at radius 1 is 1.64 bits per heavy atom. The van der Waals surface area contributed by atoms with E-state index in [0.717, 1.165) is 37.3 Å². The van der Waals surface area contributed by atoms with Crippen molar-refractivity contribution in [2.45, 2.75) is 12.8 Å². The Hall–Kier alpha value is -0.590. The second-order valence-corrected chi connectivity index (χ2v) is 3.37. The van der Waals surface area contributed by atoms with Crippen LogP contribution in [0, 0.1) is 11.3 Å². The normalized spacial score (nSPS) is 30.2. The summed E-state index contributed by atoms with van der Waals surface area (Å²) in [5.41, 5.74) is 0. The highest BCUT2D eigenvalue weighted by molar-refractivity contribution is 4.67. The molecule has 1 heterocycles. The molecule has 1 aliphatic heterocycles. The minimum atomic E-state index is 0.674. The highest BCUT2D eigenvalue weighted by Gasteiger charge is 2.26. The molecule has 0 bridgehead atoms. The van der Waals surface area contributed by atoms with Crippen molar-refractivity contribution >= 4 is 0 Å². The molecular weight excluding hydrogens is 140 g/mol. The maximum atomic E-state index is 8.34. The van der Waals surface area contributed by atoms with Gasteiger partial charge >= 0.3 is 0 Å². The molecule has 62 valence electrons. The van der Waals surface area contributed by atoms with Crippen LogP contribution in [-0.2, 0) is 4.74 Å². The van der Waals surface area contributed by atoms with E-state index in [1.165, 1.54) is 0 Å². The predicted molar refractivity (Wildman–Crippen MR) is 41.6 cm³/mol. The number of hydrogen-bond acceptors (Lipinski definition) is 2. The van der Waals surface area contributed by atoms with Crippen molar-refractivity contribution in [3.63, 3.8) is 0 Å². The molecule has 1 fully saturated rings. The summed E-state index contributed by atoms with van der Waals surface area (Å²) < 4.78 is 6.27. The lowest BCUT2D eigenvalue weighted by molar-refractivity contribution is -0.906. The lowest BCUT2D eigenvalue weighted by Crippen LogP contribution is -2.42. The first-order valence-electron chi connectivity index (χ1n) is 4.05. The Kier molecular flexibility index (Phi) is 2.86. The number of nitrogens with zero attached hydrogens (tertiary/aromatic N) is 2. The number of hydrogen-bond donors (Lipinski definition) is 0. The third kappa shape index (κ3) is 2.49. The van der Waals surface area contributed by atoms with Crippen LogP contribution in [0.25, 0.3) is 0 Å². The zero-order valence-electron chi connectivity index (χ0n) is 7.05. The summed E-state index contributed by atoms with van der Waals surface area (Å²) in [6.07, 6.45) is 1.67. The van der Waals surface area contributed by atoms with Crippen LogP contribution in [0.2, 0.25) is 0 Å². The van der Waals surface area contributed by atoms with Crippen LogP contribution >= 0.6 is 0 Å². The molecule has 11 heavy (non-hydrogen) atoms. The molecule has 0 radical (unpaired) electrons. The van der Waals surface area contributed by atoms with Crippen LogP contribution in [0.4, 0.5) is 0 Å². The number of ether oxygens (including phenoxy) is 1. The smallest absolute Gasteiger partial charge is 0.183 e. The van der Waals surface area contributed by atoms with Crippen LogP contribution in [0.3, 0.4) is 0 Å². The van der Waals surface area contributed by atoms with Gasteiger partial charge in [-0.05, 0) is 0 Å². The van der Waals surface area contributed by atoms with Crippen molar-refractivity contribution in [2.24, 2.45) is 0 Å². The summed E-state index contributed by atoms with van der Waals surface area (Å²) in [7, 11) is 2.18. The molecule has 1 rings (SSSR count). The van der Waals surface area contributed by atoms with Gasteiger partial charge in [-0.15, -0.1) is 0 Å². The van der Waals surface area contributed by atoms with Crippen molar-refractivity contribution in [3.05, 3.63) is 0 Å². The maximum Gasteiger partial charge on any atom is 0.183 e. The van der Waals surface area contributed by atoms with Crippen LogP contribution in [0.15, 0.2) is 0 Å². The molecule has 1 aliphatic rings. The molecule has 1 atom stereocenters. The third-order valence-electron chi connectivity index (χ3n) is 2.16. The molecule has 0 aromatic carbocycles. The van der Waals surface area contributed by atoms with E-state index in [9.17, 15) is 0 Å². The monoisotopic (exact) mass is 155 g/mol. The molecule has 0 aromatic rings. The maximum absolute atomic E-state index is 8.34. The first kappa shape index (κ1) is 8.51. The van der Waals surface area contributed by atoms with Crippen molar-refractivity contribution in [1.82, 2.24) is 0 Å². The standard InChI is InChI=1S/C8H15N2O/c1-10(5-3-2-4-9)6-7-11-8-10/h2-3,5-8H2,1H3/q+1. The number of unbranched alkanes of at least 4 members (excludes halogenated alkanes) is 1. The Labute approximate surface area is 67.8 Å². The molecule has 1 saturated heterocycles. The molecule has 0 amide bonds. The summed E-state index contributed by atoms with van der Waals surface area (Å²) in [6.45, 7) is 3.88. The largest absolute Gasteiger partial charge is 0.326 e. The third-order valence-corrected chi connectivity index (χ3v) is 2.16. The predicted octanol–water partition coefficient (Wildman–Crippen LogP) is 0.724. The molecule has 1 unspecified atom stereocenters. The highest BCUT2D eigenvalue weighted by atomic mass is 16.5. The van der Waals surface area contributed by atoms with Gasteiger partial charge in [0.2, 0.25) is 0 Å². The highest BCUT2D eigenvalue weighted by Crippen LogP contribution is 2.10. The Morgan fingerprint density at radius 3 is 3.00 bits per heavy atom. The molecule has 3 nitrogen and oxygen atoms in total. The van der Waals surface area contributed by atoms with E-state index < -0.39 is 0 Å². The van der Waals surface area contributed by atoms with E-state index in [1.54, 1.807) is 0 Å². The van der Waals surface area contributed by atoms with E-state index >= 15 is 0 Å². The van der Waals surface area contributed by atoms with Gasteiger partial charge in [-0.3, -0.25) is 0 Å². The molecule has 0 aromatic heterocycles. The minimum absolute atomic E-state index is 0.674. The zero-order valence-corrected chi connectivity index (χ0v) is 7.05. The van der Waals surface area contributed by atoms with Crippen LogP contribution in [-0.4, -0.2) is 38.0 Å². The van der Waals surface area contributed by atoms with E-state index in [0.29, 0.717) is 6.42 Å².